The third-order valence-electron chi connectivity index (χ3n) is 4.28. The number of piperidine rings is 1. The van der Waals surface area contributed by atoms with E-state index in [4.69, 9.17) is 4.74 Å². The van der Waals surface area contributed by atoms with Gasteiger partial charge in [-0.3, -0.25) is 4.90 Å². The summed E-state index contributed by atoms with van der Waals surface area (Å²) in [5.41, 5.74) is 0. The van der Waals surface area contributed by atoms with Crippen molar-refractivity contribution in [1.29, 1.82) is 0 Å². The fourth-order valence-corrected chi connectivity index (χ4v) is 3.11. The van der Waals surface area contributed by atoms with E-state index in [0.717, 1.165) is 25.7 Å². The monoisotopic (exact) mass is 240 g/mol. The van der Waals surface area contributed by atoms with E-state index in [1.54, 1.807) is 0 Å². The van der Waals surface area contributed by atoms with E-state index in [-0.39, 0.29) is 0 Å². The Balaban J connectivity index is 1.62. The molecule has 2 rings (SSSR count). The first-order chi connectivity index (χ1) is 8.40. The molecule has 2 unspecified atom stereocenters. The summed E-state index contributed by atoms with van der Waals surface area (Å²) >= 11 is 0. The van der Waals surface area contributed by atoms with Gasteiger partial charge in [0.25, 0.3) is 0 Å². The number of nitrogens with zero attached hydrogens (tertiary/aromatic N) is 1. The number of ether oxygens (including phenoxy) is 1. The second-order valence-electron chi connectivity index (χ2n) is 5.53. The minimum absolute atomic E-state index is 0.674. The summed E-state index contributed by atoms with van der Waals surface area (Å²) in [4.78, 5) is 2.64. The van der Waals surface area contributed by atoms with Gasteiger partial charge < -0.3 is 10.1 Å². The summed E-state index contributed by atoms with van der Waals surface area (Å²) < 4.78 is 5.55. The van der Waals surface area contributed by atoms with Gasteiger partial charge >= 0.3 is 0 Å². The lowest BCUT2D eigenvalue weighted by Crippen LogP contribution is -2.45. The zero-order chi connectivity index (χ0) is 11.9. The summed E-state index contributed by atoms with van der Waals surface area (Å²) in [6, 6.07) is 0.674. The lowest BCUT2D eigenvalue weighted by Gasteiger charge is -2.35. The van der Waals surface area contributed by atoms with Crippen LogP contribution < -0.4 is 5.32 Å². The van der Waals surface area contributed by atoms with Crippen LogP contribution in [-0.4, -0.2) is 50.3 Å². The maximum atomic E-state index is 5.55. The van der Waals surface area contributed by atoms with E-state index in [1.807, 2.05) is 0 Å². The Labute approximate surface area is 106 Å². The molecular formula is C14H28N2O. The third kappa shape index (κ3) is 4.23. The second kappa shape index (κ2) is 7.34. The zero-order valence-corrected chi connectivity index (χ0v) is 11.3. The van der Waals surface area contributed by atoms with E-state index < -0.39 is 0 Å². The Morgan fingerprint density at radius 2 is 2.35 bits per heavy atom. The highest BCUT2D eigenvalue weighted by atomic mass is 16.5. The van der Waals surface area contributed by atoms with Crippen molar-refractivity contribution in [1.82, 2.24) is 10.2 Å². The van der Waals surface area contributed by atoms with Crippen LogP contribution >= 0.6 is 0 Å². The lowest BCUT2D eigenvalue weighted by atomic mass is 9.94. The zero-order valence-electron chi connectivity index (χ0n) is 11.3. The maximum absolute atomic E-state index is 5.55. The number of hydrogen-bond acceptors (Lipinski definition) is 3. The Morgan fingerprint density at radius 3 is 3.12 bits per heavy atom. The topological polar surface area (TPSA) is 24.5 Å². The molecule has 0 aromatic rings. The summed E-state index contributed by atoms with van der Waals surface area (Å²) in [5.74, 6) is 0.935. The summed E-state index contributed by atoms with van der Waals surface area (Å²) in [5, 5.41) is 3.51. The molecule has 2 fully saturated rings. The predicted molar refractivity (Wildman–Crippen MR) is 71.3 cm³/mol. The van der Waals surface area contributed by atoms with E-state index in [1.165, 1.54) is 51.7 Å². The van der Waals surface area contributed by atoms with Crippen molar-refractivity contribution in [3.63, 3.8) is 0 Å². The van der Waals surface area contributed by atoms with Crippen molar-refractivity contribution in [3.05, 3.63) is 0 Å². The maximum Gasteiger partial charge on any atom is 0.0622 e. The molecule has 3 heteroatoms. The average Bonchev–Trinajstić information content (AvgIpc) is 2.40. The molecule has 2 heterocycles. The van der Waals surface area contributed by atoms with Gasteiger partial charge in [-0.05, 0) is 57.7 Å². The molecule has 0 aliphatic carbocycles. The quantitative estimate of drug-likeness (QED) is 0.794. The van der Waals surface area contributed by atoms with Crippen molar-refractivity contribution >= 4 is 0 Å². The molecule has 2 aliphatic rings. The molecular weight excluding hydrogens is 212 g/mol. The van der Waals surface area contributed by atoms with Crippen LogP contribution in [0.2, 0.25) is 0 Å². The van der Waals surface area contributed by atoms with Gasteiger partial charge in [0.2, 0.25) is 0 Å². The first-order valence-electron chi connectivity index (χ1n) is 7.42. The van der Waals surface area contributed by atoms with Gasteiger partial charge in [-0.1, -0.05) is 6.92 Å². The number of morpholine rings is 1. The SMILES string of the molecule is CCC1COCCN1CCCC1CCCNC1. The highest BCUT2D eigenvalue weighted by molar-refractivity contribution is 4.75. The van der Waals surface area contributed by atoms with E-state index >= 15 is 0 Å². The van der Waals surface area contributed by atoms with Crippen molar-refractivity contribution in [2.75, 3.05) is 39.4 Å². The summed E-state index contributed by atoms with van der Waals surface area (Å²) in [6.45, 7) is 9.05. The lowest BCUT2D eigenvalue weighted by molar-refractivity contribution is -0.00965. The van der Waals surface area contributed by atoms with E-state index in [2.05, 4.69) is 17.1 Å². The Hall–Kier alpha value is -0.120. The first kappa shape index (κ1) is 13.3. The molecule has 0 spiro atoms. The van der Waals surface area contributed by atoms with Gasteiger partial charge in [-0.15, -0.1) is 0 Å². The summed E-state index contributed by atoms with van der Waals surface area (Å²) in [7, 11) is 0. The molecule has 100 valence electrons. The Bertz CT molecular complexity index is 204. The van der Waals surface area contributed by atoms with Crippen molar-refractivity contribution in [2.24, 2.45) is 5.92 Å². The van der Waals surface area contributed by atoms with Gasteiger partial charge in [-0.2, -0.15) is 0 Å². The van der Waals surface area contributed by atoms with Gasteiger partial charge in [0.05, 0.1) is 13.2 Å². The summed E-state index contributed by atoms with van der Waals surface area (Å²) in [6.07, 6.45) is 6.81. The second-order valence-corrected chi connectivity index (χ2v) is 5.53. The van der Waals surface area contributed by atoms with Crippen LogP contribution in [0.4, 0.5) is 0 Å². The van der Waals surface area contributed by atoms with Crippen LogP contribution in [-0.2, 0) is 4.74 Å². The molecule has 0 aromatic heterocycles. The fraction of sp³-hybridized carbons (Fsp3) is 1.00. The van der Waals surface area contributed by atoms with Crippen LogP contribution in [0.1, 0.15) is 39.0 Å². The highest BCUT2D eigenvalue weighted by Crippen LogP contribution is 2.17. The van der Waals surface area contributed by atoms with Crippen LogP contribution in [0.3, 0.4) is 0 Å². The van der Waals surface area contributed by atoms with Crippen LogP contribution in [0.5, 0.6) is 0 Å². The number of nitrogens with one attached hydrogen (secondary N) is 1. The van der Waals surface area contributed by atoms with Gasteiger partial charge in [-0.25, -0.2) is 0 Å². The molecule has 0 aromatic carbocycles. The third-order valence-corrected chi connectivity index (χ3v) is 4.28. The molecule has 17 heavy (non-hydrogen) atoms. The molecule has 0 bridgehead atoms. The van der Waals surface area contributed by atoms with Crippen LogP contribution in [0.15, 0.2) is 0 Å². The molecule has 2 saturated heterocycles. The molecule has 0 saturated carbocycles. The molecule has 3 nitrogen and oxygen atoms in total. The largest absolute Gasteiger partial charge is 0.378 e. The first-order valence-corrected chi connectivity index (χ1v) is 7.42. The van der Waals surface area contributed by atoms with Crippen molar-refractivity contribution < 1.29 is 4.74 Å². The van der Waals surface area contributed by atoms with Crippen LogP contribution in [0, 0.1) is 5.92 Å². The molecule has 2 aliphatic heterocycles. The minimum Gasteiger partial charge on any atom is -0.378 e. The molecule has 2 atom stereocenters. The van der Waals surface area contributed by atoms with E-state index in [0.29, 0.717) is 6.04 Å². The minimum atomic E-state index is 0.674. The number of rotatable bonds is 5. The van der Waals surface area contributed by atoms with Gasteiger partial charge in [0.15, 0.2) is 0 Å². The molecule has 0 radical (unpaired) electrons. The van der Waals surface area contributed by atoms with Crippen molar-refractivity contribution in [3.8, 4) is 0 Å². The Morgan fingerprint density at radius 1 is 1.41 bits per heavy atom. The Kier molecular flexibility index (Phi) is 5.75. The smallest absolute Gasteiger partial charge is 0.0622 e. The number of hydrogen-bond donors (Lipinski definition) is 1. The normalized spacial score (nSPS) is 31.6. The molecule has 1 N–H and O–H groups in total. The highest BCUT2D eigenvalue weighted by Gasteiger charge is 2.21. The predicted octanol–water partition coefficient (Wildman–Crippen LogP) is 1.88. The van der Waals surface area contributed by atoms with Gasteiger partial charge in [0.1, 0.15) is 0 Å². The van der Waals surface area contributed by atoms with Crippen LogP contribution in [0.25, 0.3) is 0 Å². The average molecular weight is 240 g/mol. The van der Waals surface area contributed by atoms with Crippen molar-refractivity contribution in [2.45, 2.75) is 45.1 Å². The van der Waals surface area contributed by atoms with Gasteiger partial charge in [0, 0.05) is 12.6 Å². The standard InChI is InChI=1S/C14H28N2O/c1-2-14-12-17-10-9-16(14)8-4-6-13-5-3-7-15-11-13/h13-15H,2-12H2,1H3. The fourth-order valence-electron chi connectivity index (χ4n) is 3.11. The molecule has 0 amide bonds. The van der Waals surface area contributed by atoms with E-state index in [9.17, 15) is 0 Å².